The summed E-state index contributed by atoms with van der Waals surface area (Å²) < 4.78 is 45.0. The molecule has 10 heteroatoms. The van der Waals surface area contributed by atoms with E-state index in [1.54, 1.807) is 17.3 Å². The Balaban J connectivity index is 1.34. The number of aromatic nitrogens is 3. The van der Waals surface area contributed by atoms with Crippen LogP contribution in [0.25, 0.3) is 0 Å². The van der Waals surface area contributed by atoms with E-state index in [1.807, 2.05) is 0 Å². The average molecular weight is 419 g/mol. The van der Waals surface area contributed by atoms with Crippen LogP contribution in [-0.2, 0) is 6.18 Å². The van der Waals surface area contributed by atoms with Crippen LogP contribution < -0.4 is 9.64 Å². The number of fused-ring (bicyclic) bond motifs is 1. The molecule has 0 spiro atoms. The van der Waals surface area contributed by atoms with Crippen molar-refractivity contribution >= 4 is 11.8 Å². The molecule has 7 nitrogen and oxygen atoms in total. The third kappa shape index (κ3) is 3.54. The quantitative estimate of drug-likeness (QED) is 0.750. The Morgan fingerprint density at radius 3 is 2.57 bits per heavy atom. The zero-order valence-corrected chi connectivity index (χ0v) is 16.0. The van der Waals surface area contributed by atoms with Gasteiger partial charge in [-0.3, -0.25) is 14.8 Å². The van der Waals surface area contributed by atoms with Gasteiger partial charge in [-0.25, -0.2) is 14.8 Å². The normalized spacial score (nSPS) is 24.2. The van der Waals surface area contributed by atoms with Crippen molar-refractivity contribution in [1.82, 2.24) is 19.9 Å². The Kier molecular flexibility index (Phi) is 4.52. The van der Waals surface area contributed by atoms with Crippen molar-refractivity contribution in [3.8, 4) is 5.88 Å². The number of carbonyl (C=O) groups excluding carboxylic acids is 1. The van der Waals surface area contributed by atoms with Crippen LogP contribution in [0.15, 0.2) is 30.6 Å². The highest BCUT2D eigenvalue weighted by Gasteiger charge is 2.45. The first kappa shape index (κ1) is 19.1. The lowest BCUT2D eigenvalue weighted by Gasteiger charge is -2.39. The summed E-state index contributed by atoms with van der Waals surface area (Å²) in [6, 6.07) is 3.17. The summed E-state index contributed by atoms with van der Waals surface area (Å²) in [7, 11) is 0. The zero-order valence-electron chi connectivity index (χ0n) is 16.0. The lowest BCUT2D eigenvalue weighted by molar-refractivity contribution is -0.141. The smallest absolute Gasteiger partial charge is 0.433 e. The molecule has 2 saturated heterocycles. The van der Waals surface area contributed by atoms with Crippen molar-refractivity contribution in [2.45, 2.75) is 56.5 Å². The topological polar surface area (TPSA) is 71.5 Å². The first-order valence-electron chi connectivity index (χ1n) is 10.0. The molecule has 158 valence electrons. The first-order chi connectivity index (χ1) is 14.4. The summed E-state index contributed by atoms with van der Waals surface area (Å²) in [5, 5.41) is 0. The van der Waals surface area contributed by atoms with Crippen LogP contribution >= 0.6 is 0 Å². The molecule has 0 aromatic carbocycles. The maximum Gasteiger partial charge on any atom is 0.433 e. The Bertz CT molecular complexity index is 948. The van der Waals surface area contributed by atoms with Crippen molar-refractivity contribution in [1.29, 1.82) is 0 Å². The average Bonchev–Trinajstić information content (AvgIpc) is 3.50. The van der Waals surface area contributed by atoms with Gasteiger partial charge in [-0.2, -0.15) is 13.2 Å². The molecule has 2 aliphatic heterocycles. The monoisotopic (exact) mass is 419 g/mol. The lowest BCUT2D eigenvalue weighted by atomic mass is 10.1. The summed E-state index contributed by atoms with van der Waals surface area (Å²) in [6.45, 7) is 0.316. The van der Waals surface area contributed by atoms with Gasteiger partial charge in [0, 0.05) is 24.9 Å². The fourth-order valence-electron chi connectivity index (χ4n) is 4.10. The van der Waals surface area contributed by atoms with Gasteiger partial charge in [0.2, 0.25) is 5.88 Å². The molecule has 2 aromatic rings. The summed E-state index contributed by atoms with van der Waals surface area (Å²) in [4.78, 5) is 28.4. The molecule has 3 fully saturated rings. The van der Waals surface area contributed by atoms with Crippen molar-refractivity contribution in [2.75, 3.05) is 11.4 Å². The van der Waals surface area contributed by atoms with Gasteiger partial charge >= 0.3 is 12.2 Å². The number of alkyl halides is 3. The van der Waals surface area contributed by atoms with Crippen molar-refractivity contribution in [2.24, 2.45) is 0 Å². The molecule has 0 N–H and O–H groups in total. The van der Waals surface area contributed by atoms with Crippen molar-refractivity contribution in [3.63, 3.8) is 0 Å². The molecule has 3 aliphatic rings. The molecule has 1 aliphatic carbocycles. The molecule has 2 atom stereocenters. The van der Waals surface area contributed by atoms with Crippen molar-refractivity contribution in [3.05, 3.63) is 42.0 Å². The molecular formula is C20H20F3N5O2. The second kappa shape index (κ2) is 7.10. The predicted octanol–water partition coefficient (Wildman–Crippen LogP) is 3.97. The van der Waals surface area contributed by atoms with E-state index in [-0.39, 0.29) is 11.9 Å². The maximum absolute atomic E-state index is 13.1. The fourth-order valence-corrected chi connectivity index (χ4v) is 4.10. The standard InChI is InChI=1S/C20H20F3N5O2/c21-20(22,23)15-2-1-3-16(26-15)27-9-8-13-6-7-18(28(13)19(27)29)30-17-11-24-14(10-25-17)12-4-5-12/h1-3,10-13,18H,4-9H2/t13-,18-/m1/s1. The number of hydrogen-bond donors (Lipinski definition) is 0. The SMILES string of the molecule is O=C1N(c2cccc(C(F)(F)F)n2)CC[C@H]2CC[C@@H](Oc3cnc(C4CC4)cn3)N12. The molecule has 1 saturated carbocycles. The molecule has 0 bridgehead atoms. The highest BCUT2D eigenvalue weighted by atomic mass is 19.4. The van der Waals surface area contributed by atoms with Gasteiger partial charge in [0.15, 0.2) is 6.23 Å². The number of anilines is 1. The van der Waals surface area contributed by atoms with Gasteiger partial charge < -0.3 is 4.74 Å². The number of carbonyl (C=O) groups is 1. The van der Waals surface area contributed by atoms with Crippen LogP contribution in [0.1, 0.15) is 49.4 Å². The maximum atomic E-state index is 13.1. The van der Waals surface area contributed by atoms with E-state index in [1.165, 1.54) is 17.0 Å². The Hall–Kier alpha value is -2.91. The van der Waals surface area contributed by atoms with Crippen LogP contribution in [0, 0.1) is 0 Å². The van der Waals surface area contributed by atoms with Gasteiger partial charge in [0.1, 0.15) is 11.5 Å². The number of rotatable bonds is 4. The minimum atomic E-state index is -4.57. The molecular weight excluding hydrogens is 399 g/mol. The van der Waals surface area contributed by atoms with Crippen LogP contribution in [-0.4, -0.2) is 44.7 Å². The van der Waals surface area contributed by atoms with Crippen molar-refractivity contribution < 1.29 is 22.7 Å². The summed E-state index contributed by atoms with van der Waals surface area (Å²) in [5.74, 6) is 0.819. The second-order valence-corrected chi connectivity index (χ2v) is 7.87. The summed E-state index contributed by atoms with van der Waals surface area (Å²) in [5.41, 5.74) is -0.0716. The summed E-state index contributed by atoms with van der Waals surface area (Å²) >= 11 is 0. The number of urea groups is 1. The number of amides is 2. The zero-order chi connectivity index (χ0) is 20.9. The first-order valence-corrected chi connectivity index (χ1v) is 10.0. The second-order valence-electron chi connectivity index (χ2n) is 7.87. The van der Waals surface area contributed by atoms with E-state index >= 15 is 0 Å². The van der Waals surface area contributed by atoms with Crippen LogP contribution in [0.4, 0.5) is 23.8 Å². The third-order valence-electron chi connectivity index (χ3n) is 5.79. The van der Waals surface area contributed by atoms with E-state index in [0.29, 0.717) is 31.2 Å². The third-order valence-corrected chi connectivity index (χ3v) is 5.79. The number of pyridine rings is 1. The van der Waals surface area contributed by atoms with Crippen LogP contribution in [0.5, 0.6) is 5.88 Å². The fraction of sp³-hybridized carbons (Fsp3) is 0.500. The van der Waals surface area contributed by atoms with Gasteiger partial charge in [0.05, 0.1) is 18.1 Å². The molecule has 5 rings (SSSR count). The van der Waals surface area contributed by atoms with Gasteiger partial charge in [0.25, 0.3) is 0 Å². The molecule has 2 amide bonds. The number of ether oxygens (including phenoxy) is 1. The van der Waals surface area contributed by atoms with E-state index in [4.69, 9.17) is 4.74 Å². The van der Waals surface area contributed by atoms with E-state index < -0.39 is 24.1 Å². The molecule has 4 heterocycles. The molecule has 2 aromatic heterocycles. The highest BCUT2D eigenvalue weighted by molar-refractivity contribution is 5.92. The Morgan fingerprint density at radius 2 is 1.87 bits per heavy atom. The number of hydrogen-bond acceptors (Lipinski definition) is 5. The number of nitrogens with zero attached hydrogens (tertiary/aromatic N) is 5. The lowest BCUT2D eigenvalue weighted by Crippen LogP contribution is -2.56. The predicted molar refractivity (Wildman–Crippen MR) is 99.9 cm³/mol. The van der Waals surface area contributed by atoms with Gasteiger partial charge in [-0.15, -0.1) is 0 Å². The Labute approximate surface area is 170 Å². The molecule has 0 unspecified atom stereocenters. The summed E-state index contributed by atoms with van der Waals surface area (Å²) in [6.07, 6.45) is 2.47. The van der Waals surface area contributed by atoms with E-state index in [0.717, 1.165) is 31.0 Å². The van der Waals surface area contributed by atoms with Gasteiger partial charge in [-0.05, 0) is 37.8 Å². The van der Waals surface area contributed by atoms with Gasteiger partial charge in [-0.1, -0.05) is 6.07 Å². The van der Waals surface area contributed by atoms with Crippen LogP contribution in [0.2, 0.25) is 0 Å². The molecule has 30 heavy (non-hydrogen) atoms. The van der Waals surface area contributed by atoms with E-state index in [9.17, 15) is 18.0 Å². The van der Waals surface area contributed by atoms with Crippen LogP contribution in [0.3, 0.4) is 0 Å². The minimum Gasteiger partial charge on any atom is -0.452 e. The van der Waals surface area contributed by atoms with E-state index in [2.05, 4.69) is 15.0 Å². The minimum absolute atomic E-state index is 0.00694. The number of halogens is 3. The Morgan fingerprint density at radius 1 is 1.03 bits per heavy atom. The highest BCUT2D eigenvalue weighted by Crippen LogP contribution is 2.39. The molecule has 0 radical (unpaired) electrons. The largest absolute Gasteiger partial charge is 0.452 e.